The molecule has 9 rings (SSSR count). The number of benzene rings is 2. The topological polar surface area (TPSA) is 152 Å². The van der Waals surface area contributed by atoms with Gasteiger partial charge in [0.05, 0.1) is 48.7 Å². The molecule has 5 aromatic rings. The molecule has 0 spiro atoms. The summed E-state index contributed by atoms with van der Waals surface area (Å²) in [6.45, 7) is 8.36. The highest BCUT2D eigenvalue weighted by Crippen LogP contribution is 2.53. The second kappa shape index (κ2) is 18.4. The number of nitrogen functional groups attached to an aromatic ring is 2. The average Bonchev–Trinajstić information content (AvgIpc) is 3.94. The van der Waals surface area contributed by atoms with Gasteiger partial charge in [0, 0.05) is 54.3 Å². The summed E-state index contributed by atoms with van der Waals surface area (Å²) in [4.78, 5) is 18.0. The third kappa shape index (κ3) is 8.86. The quantitative estimate of drug-likeness (QED) is 0.164. The van der Waals surface area contributed by atoms with Gasteiger partial charge in [0.25, 0.3) is 6.08 Å². The molecular formula is C41H41F8N9O3S. The number of likely N-dealkylation sites (N-methyl/N-ethyl adjacent to an activating group) is 1. The summed E-state index contributed by atoms with van der Waals surface area (Å²) in [5, 5.41) is 8.84. The van der Waals surface area contributed by atoms with Gasteiger partial charge < -0.3 is 30.6 Å². The molecule has 1 atom stereocenters. The van der Waals surface area contributed by atoms with E-state index in [1.54, 1.807) is 6.07 Å². The van der Waals surface area contributed by atoms with E-state index in [1.807, 2.05) is 0 Å². The highest BCUT2D eigenvalue weighted by atomic mass is 32.1. The molecule has 1 unspecified atom stereocenters. The maximum absolute atomic E-state index is 16.7. The van der Waals surface area contributed by atoms with Gasteiger partial charge in [-0.1, -0.05) is 13.0 Å². The van der Waals surface area contributed by atoms with Crippen LogP contribution in [0.5, 0.6) is 11.8 Å². The molecule has 0 saturated carbocycles. The second-order valence-electron chi connectivity index (χ2n) is 14.7. The fourth-order valence-corrected chi connectivity index (χ4v) is 9.03. The van der Waals surface area contributed by atoms with Gasteiger partial charge in [0.2, 0.25) is 0 Å². The monoisotopic (exact) mass is 891 g/mol. The van der Waals surface area contributed by atoms with Crippen molar-refractivity contribution in [2.45, 2.75) is 44.9 Å². The molecule has 0 aliphatic carbocycles. The second-order valence-corrected chi connectivity index (χ2v) is 15.8. The van der Waals surface area contributed by atoms with Crippen molar-refractivity contribution in [2.75, 3.05) is 82.6 Å². The predicted octanol–water partition coefficient (Wildman–Crippen LogP) is 8.13. The fraction of sp³-hybridized carbons (Fsp3) is 0.415. The Labute approximate surface area is 354 Å². The third-order valence-corrected chi connectivity index (χ3v) is 12.1. The van der Waals surface area contributed by atoms with Crippen molar-refractivity contribution >= 4 is 49.0 Å². The number of halogens is 8. The highest BCUT2D eigenvalue weighted by Gasteiger charge is 2.44. The minimum absolute atomic E-state index is 0.0368. The number of alkyl halides is 3. The van der Waals surface area contributed by atoms with Crippen LogP contribution in [0, 0.1) is 28.8 Å². The number of ether oxygens (including phenoxy) is 3. The van der Waals surface area contributed by atoms with Crippen molar-refractivity contribution in [3.05, 3.63) is 70.2 Å². The van der Waals surface area contributed by atoms with Gasteiger partial charge in [-0.05, 0) is 50.0 Å². The molecule has 4 N–H and O–H groups in total. The molecule has 2 aromatic carbocycles. The number of rotatable bonds is 5. The highest BCUT2D eigenvalue weighted by molar-refractivity contribution is 7.23. The Hall–Kier alpha value is -5.56. The molecule has 3 fully saturated rings. The zero-order valence-electron chi connectivity index (χ0n) is 33.5. The molecule has 3 aromatic heterocycles. The SMILES string of the molecule is CCN1CCOCC1.COc1nc2c3c(c(C(F)(F)F)c(-c4ccc(F)c5sc(N)c(C#N)c45)c(F)c3n1)OCCN2Cc1cc(F)cnc1N.FC(F)=C1CC2CCCN2C1. The van der Waals surface area contributed by atoms with Gasteiger partial charge in [-0.2, -0.15) is 37.2 Å². The Morgan fingerprint density at radius 1 is 1.05 bits per heavy atom. The lowest BCUT2D eigenvalue weighted by Crippen LogP contribution is -2.35. The number of anilines is 3. The summed E-state index contributed by atoms with van der Waals surface area (Å²) in [7, 11) is 1.18. The van der Waals surface area contributed by atoms with Crippen molar-refractivity contribution < 1.29 is 49.3 Å². The first kappa shape index (κ1) is 44.5. The first-order chi connectivity index (χ1) is 29.6. The zero-order chi connectivity index (χ0) is 44.5. The molecule has 0 amide bonds. The lowest BCUT2D eigenvalue weighted by atomic mass is 9.91. The van der Waals surface area contributed by atoms with E-state index >= 15 is 4.39 Å². The maximum Gasteiger partial charge on any atom is 0.420 e. The largest absolute Gasteiger partial charge is 0.490 e. The molecule has 0 radical (unpaired) electrons. The molecule has 4 aliphatic heterocycles. The minimum atomic E-state index is -5.22. The standard InChI is InChI=1S/C27H17F6N7O2S.C8H11F2N.C6H13NO/c1-41-26-38-20-17-21(42-5-4-40(25(17)39-26)9-10-6-11(28)8-37-23(10)35)18(27(31,32)33)16(19(20)30)12-2-3-14(29)22-15(12)13(7-34)24(36)43-22;9-8(10)6-4-7-2-1-3-11(7)5-6;1-2-7-3-5-8-6-4-7/h2-3,6,8H,4-5,9,36H2,1H3,(H2,35,37);7H,1-5H2;2-6H2,1H3. The molecule has 12 nitrogen and oxygen atoms in total. The summed E-state index contributed by atoms with van der Waals surface area (Å²) in [5.74, 6) is -4.03. The van der Waals surface area contributed by atoms with Crippen LogP contribution in [0.1, 0.15) is 42.9 Å². The summed E-state index contributed by atoms with van der Waals surface area (Å²) >= 11 is 0.649. The van der Waals surface area contributed by atoms with E-state index in [9.17, 15) is 36.0 Å². The molecule has 21 heteroatoms. The number of nitrogens with zero attached hydrogens (tertiary/aromatic N) is 7. The molecular weight excluding hydrogens is 851 g/mol. The van der Waals surface area contributed by atoms with E-state index in [1.165, 1.54) is 25.0 Å². The average molecular weight is 892 g/mol. The number of nitrogens with two attached hydrogens (primary N) is 2. The fourth-order valence-electron chi connectivity index (χ4n) is 8.08. The Balaban J connectivity index is 0.000000247. The van der Waals surface area contributed by atoms with Crippen molar-refractivity contribution in [1.82, 2.24) is 24.8 Å². The van der Waals surface area contributed by atoms with Gasteiger partial charge in [-0.15, -0.1) is 11.3 Å². The number of methoxy groups -OCH3 is 1. The van der Waals surface area contributed by atoms with Crippen molar-refractivity contribution in [3.8, 4) is 29.0 Å². The van der Waals surface area contributed by atoms with Gasteiger partial charge in [0.1, 0.15) is 57.8 Å². The van der Waals surface area contributed by atoms with E-state index in [2.05, 4.69) is 31.7 Å². The smallest absolute Gasteiger partial charge is 0.420 e. The summed E-state index contributed by atoms with van der Waals surface area (Å²) < 4.78 is 130. The van der Waals surface area contributed by atoms with Crippen LogP contribution in [-0.4, -0.2) is 97.0 Å². The number of pyridine rings is 1. The van der Waals surface area contributed by atoms with Crippen LogP contribution in [0.2, 0.25) is 0 Å². The van der Waals surface area contributed by atoms with Crippen LogP contribution < -0.4 is 25.8 Å². The molecule has 7 heterocycles. The van der Waals surface area contributed by atoms with Gasteiger partial charge in [0.15, 0.2) is 5.82 Å². The van der Waals surface area contributed by atoms with Crippen LogP contribution in [-0.2, 0) is 17.5 Å². The van der Waals surface area contributed by atoms with Gasteiger partial charge >= 0.3 is 12.2 Å². The minimum Gasteiger partial charge on any atom is -0.490 e. The molecule has 3 saturated heterocycles. The predicted molar refractivity (Wildman–Crippen MR) is 217 cm³/mol. The number of thiophene rings is 1. The van der Waals surface area contributed by atoms with Crippen LogP contribution in [0.15, 0.2) is 36.0 Å². The Bertz CT molecular complexity index is 2540. The van der Waals surface area contributed by atoms with Crippen LogP contribution in [0.3, 0.4) is 0 Å². The Morgan fingerprint density at radius 3 is 2.45 bits per heavy atom. The number of hydrogen-bond acceptors (Lipinski definition) is 13. The van der Waals surface area contributed by atoms with E-state index in [-0.39, 0.29) is 57.5 Å². The van der Waals surface area contributed by atoms with Crippen LogP contribution in [0.4, 0.5) is 51.8 Å². The van der Waals surface area contributed by atoms with Gasteiger partial charge in [-0.3, -0.25) is 9.80 Å². The van der Waals surface area contributed by atoms with Gasteiger partial charge in [-0.25, -0.2) is 18.2 Å². The van der Waals surface area contributed by atoms with Crippen molar-refractivity contribution in [2.24, 2.45) is 0 Å². The summed E-state index contributed by atoms with van der Waals surface area (Å²) in [5.41, 5.74) is 8.46. The first-order valence-electron chi connectivity index (χ1n) is 19.6. The number of aromatic nitrogens is 3. The van der Waals surface area contributed by atoms with Crippen LogP contribution >= 0.6 is 11.3 Å². The first-order valence-corrected chi connectivity index (χ1v) is 20.4. The summed E-state index contributed by atoms with van der Waals surface area (Å²) in [6.07, 6.45) is -2.86. The zero-order valence-corrected chi connectivity index (χ0v) is 34.3. The van der Waals surface area contributed by atoms with Crippen molar-refractivity contribution in [1.29, 1.82) is 5.26 Å². The normalized spacial score (nSPS) is 17.7. The maximum atomic E-state index is 16.7. The molecule has 62 heavy (non-hydrogen) atoms. The Morgan fingerprint density at radius 2 is 1.81 bits per heavy atom. The molecule has 0 bridgehead atoms. The van der Waals surface area contributed by atoms with E-state index < -0.39 is 69.1 Å². The van der Waals surface area contributed by atoms with E-state index in [4.69, 9.17) is 25.7 Å². The summed E-state index contributed by atoms with van der Waals surface area (Å²) in [6, 6.07) is 4.73. The Kier molecular flexibility index (Phi) is 13.2. The lowest BCUT2D eigenvalue weighted by Gasteiger charge is -2.24. The third-order valence-electron chi connectivity index (χ3n) is 11.1. The number of hydrogen-bond donors (Lipinski definition) is 2. The van der Waals surface area contributed by atoms with E-state index in [0.717, 1.165) is 63.7 Å². The number of fused-ring (bicyclic) bond motifs is 2. The van der Waals surface area contributed by atoms with Crippen LogP contribution in [0.25, 0.3) is 32.1 Å². The molecule has 330 valence electrons. The van der Waals surface area contributed by atoms with Crippen molar-refractivity contribution in [3.63, 3.8) is 0 Å². The van der Waals surface area contributed by atoms with E-state index in [0.29, 0.717) is 35.9 Å². The molecule has 4 aliphatic rings. The lowest BCUT2D eigenvalue weighted by molar-refractivity contribution is -0.138. The number of nitriles is 1. The number of morpholine rings is 1.